The van der Waals surface area contributed by atoms with Crippen LogP contribution >= 0.6 is 0 Å². The van der Waals surface area contributed by atoms with Crippen LogP contribution in [0.4, 0.5) is 0 Å². The Hall–Kier alpha value is -0.830. The van der Waals surface area contributed by atoms with Crippen molar-refractivity contribution in [2.75, 3.05) is 13.2 Å². The van der Waals surface area contributed by atoms with Crippen molar-refractivity contribution in [1.29, 1.82) is 0 Å². The molecule has 0 N–H and O–H groups in total. The molecule has 3 nitrogen and oxygen atoms in total. The van der Waals surface area contributed by atoms with Gasteiger partial charge in [0.25, 0.3) is 0 Å². The van der Waals surface area contributed by atoms with Gasteiger partial charge in [0, 0.05) is 17.7 Å². The smallest absolute Gasteiger partial charge is 0.333 e. The largest absolute Gasteiger partial charge is 0.461 e. The third kappa shape index (κ3) is 7.53. The molecule has 0 saturated carbocycles. The van der Waals surface area contributed by atoms with Crippen molar-refractivity contribution in [2.45, 2.75) is 33.2 Å². The normalized spacial score (nSPS) is 11.1. The van der Waals surface area contributed by atoms with E-state index in [-0.39, 0.29) is 11.5 Å². The first-order valence-corrected chi connectivity index (χ1v) is 4.34. The maximum absolute atomic E-state index is 10.9. The summed E-state index contributed by atoms with van der Waals surface area (Å²) in [5.74, 6) is -0.343. The van der Waals surface area contributed by atoms with Crippen molar-refractivity contribution >= 4 is 5.97 Å². The molecule has 0 bridgehead atoms. The second kappa shape index (κ2) is 5.02. The highest BCUT2D eigenvalue weighted by Gasteiger charge is 2.10. The van der Waals surface area contributed by atoms with Gasteiger partial charge in [-0.15, -0.1) is 0 Å². The van der Waals surface area contributed by atoms with Crippen LogP contribution in [-0.2, 0) is 9.53 Å². The minimum absolute atomic E-state index is 0.0599. The summed E-state index contributed by atoms with van der Waals surface area (Å²) in [4.78, 5) is 10.9. The SMILES string of the molecule is C=C(C)C(=O)OCC[N]C(C)(C)C. The van der Waals surface area contributed by atoms with E-state index in [1.165, 1.54) is 0 Å². The highest BCUT2D eigenvalue weighted by Crippen LogP contribution is 2.00. The Kier molecular flexibility index (Phi) is 4.70. The lowest BCUT2D eigenvalue weighted by atomic mass is 10.1. The standard InChI is InChI=1S/C10H18NO2/c1-8(2)9(12)13-7-6-11-10(3,4)5/h1,6-7H2,2-5H3. The summed E-state index contributed by atoms with van der Waals surface area (Å²) < 4.78 is 4.87. The maximum Gasteiger partial charge on any atom is 0.333 e. The number of ether oxygens (including phenoxy) is 1. The first kappa shape index (κ1) is 12.2. The molecule has 0 rings (SSSR count). The van der Waals surface area contributed by atoms with Gasteiger partial charge >= 0.3 is 5.97 Å². The number of rotatable bonds is 4. The van der Waals surface area contributed by atoms with E-state index in [9.17, 15) is 4.79 Å². The molecule has 0 aliphatic rings. The highest BCUT2D eigenvalue weighted by atomic mass is 16.5. The van der Waals surface area contributed by atoms with Crippen molar-refractivity contribution in [2.24, 2.45) is 0 Å². The van der Waals surface area contributed by atoms with Crippen molar-refractivity contribution in [3.05, 3.63) is 12.2 Å². The number of nitrogens with zero attached hydrogens (tertiary/aromatic N) is 1. The van der Waals surface area contributed by atoms with E-state index in [0.717, 1.165) is 0 Å². The van der Waals surface area contributed by atoms with Crippen LogP contribution < -0.4 is 5.32 Å². The fourth-order valence-corrected chi connectivity index (χ4v) is 0.643. The van der Waals surface area contributed by atoms with Crippen LogP contribution in [0.3, 0.4) is 0 Å². The van der Waals surface area contributed by atoms with Gasteiger partial charge in [-0.3, -0.25) is 0 Å². The number of esters is 1. The molecule has 0 saturated heterocycles. The summed E-state index contributed by atoms with van der Waals surface area (Å²) in [5.41, 5.74) is 0.367. The monoisotopic (exact) mass is 184 g/mol. The first-order chi connectivity index (χ1) is 5.83. The summed E-state index contributed by atoms with van der Waals surface area (Å²) in [6, 6.07) is 0. The Morgan fingerprint density at radius 3 is 2.38 bits per heavy atom. The predicted octanol–water partition coefficient (Wildman–Crippen LogP) is 1.51. The molecule has 0 fully saturated rings. The maximum atomic E-state index is 10.9. The first-order valence-electron chi connectivity index (χ1n) is 4.34. The van der Waals surface area contributed by atoms with Gasteiger partial charge in [-0.25, -0.2) is 10.1 Å². The Balaban J connectivity index is 3.47. The molecular formula is C10H18NO2. The van der Waals surface area contributed by atoms with Gasteiger partial charge in [0.15, 0.2) is 0 Å². The van der Waals surface area contributed by atoms with Gasteiger partial charge in [0.2, 0.25) is 0 Å². The summed E-state index contributed by atoms with van der Waals surface area (Å²) in [6.07, 6.45) is 0. The van der Waals surface area contributed by atoms with E-state index < -0.39 is 0 Å². The molecule has 0 aromatic heterocycles. The van der Waals surface area contributed by atoms with Crippen LogP contribution in [0.15, 0.2) is 12.2 Å². The second-order valence-electron chi connectivity index (χ2n) is 3.97. The van der Waals surface area contributed by atoms with Gasteiger partial charge < -0.3 is 4.74 Å². The number of carbonyl (C=O) groups excluding carboxylic acids is 1. The van der Waals surface area contributed by atoms with Crippen LogP contribution in [0.1, 0.15) is 27.7 Å². The van der Waals surface area contributed by atoms with Gasteiger partial charge in [-0.2, -0.15) is 0 Å². The quantitative estimate of drug-likeness (QED) is 0.377. The zero-order chi connectivity index (χ0) is 10.5. The zero-order valence-corrected chi connectivity index (χ0v) is 8.89. The van der Waals surface area contributed by atoms with Crippen LogP contribution in [0.25, 0.3) is 0 Å². The molecule has 0 aliphatic heterocycles. The van der Waals surface area contributed by atoms with Crippen LogP contribution in [0.5, 0.6) is 0 Å². The van der Waals surface area contributed by atoms with Crippen molar-refractivity contribution < 1.29 is 9.53 Å². The van der Waals surface area contributed by atoms with Crippen molar-refractivity contribution in [1.82, 2.24) is 5.32 Å². The average Bonchev–Trinajstić information content (AvgIpc) is 1.95. The fraction of sp³-hybridized carbons (Fsp3) is 0.700. The number of hydrogen-bond acceptors (Lipinski definition) is 2. The molecule has 0 aromatic rings. The van der Waals surface area contributed by atoms with Gasteiger partial charge in [-0.05, 0) is 27.7 Å². The van der Waals surface area contributed by atoms with Crippen LogP contribution in [0.2, 0.25) is 0 Å². The number of hydrogen-bond donors (Lipinski definition) is 0. The minimum atomic E-state index is -0.343. The third-order valence-electron chi connectivity index (χ3n) is 1.26. The molecule has 75 valence electrons. The van der Waals surface area contributed by atoms with Gasteiger partial charge in [0.05, 0.1) is 0 Å². The molecule has 13 heavy (non-hydrogen) atoms. The molecule has 0 aliphatic carbocycles. The van der Waals surface area contributed by atoms with E-state index in [1.807, 2.05) is 20.8 Å². The summed E-state index contributed by atoms with van der Waals surface area (Å²) in [7, 11) is 0. The lowest BCUT2D eigenvalue weighted by molar-refractivity contribution is -0.138. The van der Waals surface area contributed by atoms with E-state index >= 15 is 0 Å². The number of carbonyl (C=O) groups is 1. The molecule has 1 radical (unpaired) electrons. The average molecular weight is 184 g/mol. The Morgan fingerprint density at radius 2 is 2.00 bits per heavy atom. The van der Waals surface area contributed by atoms with Crippen LogP contribution in [-0.4, -0.2) is 24.7 Å². The topological polar surface area (TPSA) is 40.4 Å². The van der Waals surface area contributed by atoms with E-state index in [2.05, 4.69) is 11.9 Å². The van der Waals surface area contributed by atoms with E-state index in [1.54, 1.807) is 6.92 Å². The highest BCUT2D eigenvalue weighted by molar-refractivity contribution is 5.86. The van der Waals surface area contributed by atoms with E-state index in [4.69, 9.17) is 4.74 Å². The lowest BCUT2D eigenvalue weighted by Crippen LogP contribution is -2.31. The second-order valence-corrected chi connectivity index (χ2v) is 3.97. The van der Waals surface area contributed by atoms with E-state index in [0.29, 0.717) is 18.7 Å². The van der Waals surface area contributed by atoms with Gasteiger partial charge in [-0.1, -0.05) is 6.58 Å². The van der Waals surface area contributed by atoms with Crippen molar-refractivity contribution in [3.8, 4) is 0 Å². The molecule has 0 atom stereocenters. The molecule has 0 amide bonds. The third-order valence-corrected chi connectivity index (χ3v) is 1.26. The van der Waals surface area contributed by atoms with Crippen LogP contribution in [0, 0.1) is 0 Å². The van der Waals surface area contributed by atoms with Crippen molar-refractivity contribution in [3.63, 3.8) is 0 Å². The Morgan fingerprint density at radius 1 is 1.46 bits per heavy atom. The fourth-order valence-electron chi connectivity index (χ4n) is 0.643. The molecule has 0 spiro atoms. The molecule has 0 heterocycles. The molecule has 0 unspecified atom stereocenters. The Bertz CT molecular complexity index is 192. The molecule has 0 aromatic carbocycles. The molecule has 3 heteroatoms. The minimum Gasteiger partial charge on any atom is -0.461 e. The summed E-state index contributed by atoms with van der Waals surface area (Å²) >= 11 is 0. The molecular weight excluding hydrogens is 166 g/mol. The predicted molar refractivity (Wildman–Crippen MR) is 52.5 cm³/mol. The lowest BCUT2D eigenvalue weighted by Gasteiger charge is -2.17. The zero-order valence-electron chi connectivity index (χ0n) is 8.89. The van der Waals surface area contributed by atoms with Gasteiger partial charge in [0.1, 0.15) is 6.61 Å². The summed E-state index contributed by atoms with van der Waals surface area (Å²) in [6.45, 7) is 12.0. The Labute approximate surface area is 80.2 Å². The summed E-state index contributed by atoms with van der Waals surface area (Å²) in [5, 5.41) is 4.28.